The maximum atomic E-state index is 12.7. The molecule has 3 rings (SSSR count). The van der Waals surface area contributed by atoms with Crippen molar-refractivity contribution in [3.05, 3.63) is 30.3 Å². The first-order valence-corrected chi connectivity index (χ1v) is 7.92. The standard InChI is InChI=1S/C16H15F2N3O6/c17-12(18)15(24)20-6-9-11(14(23)21(9)13(20)16(25)26)19-10(22)7-27-8-4-2-1-3-5-8/h1-5,9,11-13H,6-7H2,(H,19,22)(H,25,26)/t9?,11-,13?/m0/s1. The third-order valence-electron chi connectivity index (χ3n) is 4.33. The van der Waals surface area contributed by atoms with Gasteiger partial charge in [-0.25, -0.2) is 4.79 Å². The number of rotatable bonds is 6. The van der Waals surface area contributed by atoms with Gasteiger partial charge in [0.2, 0.25) is 12.1 Å². The van der Waals surface area contributed by atoms with Crippen LogP contribution in [-0.2, 0) is 19.2 Å². The zero-order valence-electron chi connectivity index (χ0n) is 13.7. The molecule has 3 amide bonds. The molecule has 2 saturated heterocycles. The first-order chi connectivity index (χ1) is 12.8. The summed E-state index contributed by atoms with van der Waals surface area (Å²) in [6.45, 7) is -0.793. The van der Waals surface area contributed by atoms with Crippen LogP contribution in [0.2, 0.25) is 0 Å². The summed E-state index contributed by atoms with van der Waals surface area (Å²) in [6, 6.07) is 6.45. The molecule has 1 aromatic carbocycles. The molecule has 2 fully saturated rings. The molecule has 0 radical (unpaired) electrons. The third-order valence-corrected chi connectivity index (χ3v) is 4.33. The molecule has 0 bridgehead atoms. The van der Waals surface area contributed by atoms with Crippen LogP contribution < -0.4 is 10.1 Å². The quantitative estimate of drug-likeness (QED) is 0.627. The van der Waals surface area contributed by atoms with Crippen LogP contribution in [0.4, 0.5) is 8.78 Å². The van der Waals surface area contributed by atoms with Crippen LogP contribution in [0.3, 0.4) is 0 Å². The monoisotopic (exact) mass is 383 g/mol. The Labute approximate surface area is 151 Å². The second-order valence-electron chi connectivity index (χ2n) is 5.96. The minimum atomic E-state index is -3.40. The largest absolute Gasteiger partial charge is 0.484 e. The molecule has 2 aliphatic rings. The van der Waals surface area contributed by atoms with Crippen molar-refractivity contribution >= 4 is 23.7 Å². The van der Waals surface area contributed by atoms with E-state index in [0.717, 1.165) is 4.90 Å². The Balaban J connectivity index is 1.63. The fraction of sp³-hybridized carbons (Fsp3) is 0.375. The number of nitrogens with one attached hydrogen (secondary N) is 1. The SMILES string of the molecule is O=C(COc1ccccc1)N[C@@H]1C(=O)N2C1CN(C(=O)C(F)F)C2C(=O)O. The van der Waals surface area contributed by atoms with Crippen molar-refractivity contribution in [1.29, 1.82) is 0 Å². The van der Waals surface area contributed by atoms with Gasteiger partial charge in [-0.3, -0.25) is 14.4 Å². The number of alkyl halides is 2. The summed E-state index contributed by atoms with van der Waals surface area (Å²) < 4.78 is 30.6. The molecule has 0 saturated carbocycles. The number of β-lactam (4-membered cyclic amide) rings is 1. The minimum Gasteiger partial charge on any atom is -0.484 e. The zero-order chi connectivity index (χ0) is 19.7. The number of hydrogen-bond donors (Lipinski definition) is 2. The average molecular weight is 383 g/mol. The fourth-order valence-corrected chi connectivity index (χ4v) is 3.14. The summed E-state index contributed by atoms with van der Waals surface area (Å²) in [7, 11) is 0. The molecule has 144 valence electrons. The number of aliphatic carboxylic acids is 1. The molecular formula is C16H15F2N3O6. The lowest BCUT2D eigenvalue weighted by atomic mass is 9.96. The Morgan fingerprint density at radius 3 is 2.52 bits per heavy atom. The van der Waals surface area contributed by atoms with Gasteiger partial charge in [-0.15, -0.1) is 0 Å². The van der Waals surface area contributed by atoms with Crippen LogP contribution in [-0.4, -0.2) is 76.4 Å². The van der Waals surface area contributed by atoms with E-state index in [1.54, 1.807) is 30.3 Å². The van der Waals surface area contributed by atoms with Gasteiger partial charge < -0.3 is 25.0 Å². The number of carboxylic acid groups (broad SMARTS) is 1. The molecule has 9 nitrogen and oxygen atoms in total. The van der Waals surface area contributed by atoms with Crippen LogP contribution in [0.5, 0.6) is 5.75 Å². The second kappa shape index (κ2) is 7.17. The van der Waals surface area contributed by atoms with Gasteiger partial charge in [-0.1, -0.05) is 18.2 Å². The maximum Gasteiger partial charge on any atom is 0.347 e. The van der Waals surface area contributed by atoms with E-state index >= 15 is 0 Å². The summed E-state index contributed by atoms with van der Waals surface area (Å²) in [5.74, 6) is -4.23. The number of amides is 3. The van der Waals surface area contributed by atoms with Crippen LogP contribution in [0.1, 0.15) is 0 Å². The molecule has 11 heteroatoms. The van der Waals surface area contributed by atoms with Gasteiger partial charge in [0, 0.05) is 6.54 Å². The van der Waals surface area contributed by atoms with Gasteiger partial charge in [0.1, 0.15) is 11.8 Å². The number of fused-ring (bicyclic) bond motifs is 1. The fourth-order valence-electron chi connectivity index (χ4n) is 3.14. The Bertz CT molecular complexity index is 775. The van der Waals surface area contributed by atoms with Gasteiger partial charge in [0.25, 0.3) is 11.8 Å². The number of carboxylic acids is 1. The molecule has 3 atom stereocenters. The molecule has 2 unspecified atom stereocenters. The van der Waals surface area contributed by atoms with Crippen molar-refractivity contribution in [2.24, 2.45) is 0 Å². The highest BCUT2D eigenvalue weighted by Gasteiger charge is 2.61. The van der Waals surface area contributed by atoms with Crippen molar-refractivity contribution in [3.63, 3.8) is 0 Å². The van der Waals surface area contributed by atoms with Gasteiger partial charge in [-0.05, 0) is 12.1 Å². The summed E-state index contributed by atoms with van der Waals surface area (Å²) >= 11 is 0. The van der Waals surface area contributed by atoms with Gasteiger partial charge >= 0.3 is 12.4 Å². The number of carbonyl (C=O) groups excluding carboxylic acids is 3. The highest BCUT2D eigenvalue weighted by Crippen LogP contribution is 2.33. The van der Waals surface area contributed by atoms with Crippen LogP contribution in [0.25, 0.3) is 0 Å². The van der Waals surface area contributed by atoms with Crippen LogP contribution in [0.15, 0.2) is 30.3 Å². The van der Waals surface area contributed by atoms with Crippen LogP contribution in [0, 0.1) is 0 Å². The number of hydrogen-bond acceptors (Lipinski definition) is 5. The molecule has 1 aromatic rings. The van der Waals surface area contributed by atoms with E-state index < -0.39 is 54.9 Å². The third kappa shape index (κ3) is 3.39. The Morgan fingerprint density at radius 1 is 1.26 bits per heavy atom. The number of halogens is 2. The minimum absolute atomic E-state index is 0.386. The summed E-state index contributed by atoms with van der Waals surface area (Å²) in [6.07, 6.45) is -5.20. The van der Waals surface area contributed by atoms with E-state index in [1.807, 2.05) is 0 Å². The number of para-hydroxylation sites is 1. The Kier molecular flexibility index (Phi) is 4.93. The van der Waals surface area contributed by atoms with Crippen LogP contribution >= 0.6 is 0 Å². The highest BCUT2D eigenvalue weighted by molar-refractivity contribution is 5.99. The molecule has 27 heavy (non-hydrogen) atoms. The predicted molar refractivity (Wildman–Crippen MR) is 83.6 cm³/mol. The van der Waals surface area contributed by atoms with E-state index in [-0.39, 0.29) is 6.61 Å². The highest BCUT2D eigenvalue weighted by atomic mass is 19.3. The molecule has 0 aromatic heterocycles. The molecule has 0 spiro atoms. The normalized spacial score (nSPS) is 23.7. The summed E-state index contributed by atoms with van der Waals surface area (Å²) in [5, 5.41) is 11.6. The predicted octanol–water partition coefficient (Wildman–Crippen LogP) is -0.721. The number of ether oxygens (including phenoxy) is 1. The van der Waals surface area contributed by atoms with Crippen molar-refractivity contribution in [2.75, 3.05) is 13.2 Å². The molecule has 2 N–H and O–H groups in total. The van der Waals surface area contributed by atoms with E-state index in [0.29, 0.717) is 10.6 Å². The van der Waals surface area contributed by atoms with Gasteiger partial charge in [-0.2, -0.15) is 8.78 Å². The molecular weight excluding hydrogens is 368 g/mol. The lowest BCUT2D eigenvalue weighted by molar-refractivity contribution is -0.168. The van der Waals surface area contributed by atoms with E-state index in [9.17, 15) is 33.1 Å². The lowest BCUT2D eigenvalue weighted by Crippen LogP contribution is -2.71. The van der Waals surface area contributed by atoms with Crippen molar-refractivity contribution in [2.45, 2.75) is 24.7 Å². The average Bonchev–Trinajstić information content (AvgIpc) is 3.01. The van der Waals surface area contributed by atoms with Crippen molar-refractivity contribution < 1.29 is 37.8 Å². The smallest absolute Gasteiger partial charge is 0.347 e. The first-order valence-electron chi connectivity index (χ1n) is 7.92. The van der Waals surface area contributed by atoms with E-state index in [2.05, 4.69) is 5.32 Å². The summed E-state index contributed by atoms with van der Waals surface area (Å²) in [4.78, 5) is 48.3. The second-order valence-corrected chi connectivity index (χ2v) is 5.96. The number of nitrogens with zero attached hydrogens (tertiary/aromatic N) is 2. The van der Waals surface area contributed by atoms with E-state index in [4.69, 9.17) is 4.74 Å². The van der Waals surface area contributed by atoms with Gasteiger partial charge in [0.15, 0.2) is 6.61 Å². The van der Waals surface area contributed by atoms with Crippen molar-refractivity contribution in [3.8, 4) is 5.75 Å². The van der Waals surface area contributed by atoms with Gasteiger partial charge in [0.05, 0.1) is 6.04 Å². The Morgan fingerprint density at radius 2 is 1.93 bits per heavy atom. The molecule has 2 aliphatic heterocycles. The molecule has 2 heterocycles. The summed E-state index contributed by atoms with van der Waals surface area (Å²) in [5.41, 5.74) is 0. The van der Waals surface area contributed by atoms with Crippen molar-refractivity contribution in [1.82, 2.24) is 15.1 Å². The first kappa shape index (κ1) is 18.5. The maximum absolute atomic E-state index is 12.7. The topological polar surface area (TPSA) is 116 Å². The Hall–Kier alpha value is -3.24. The van der Waals surface area contributed by atoms with E-state index in [1.165, 1.54) is 0 Å². The zero-order valence-corrected chi connectivity index (χ0v) is 13.7. The number of benzene rings is 1. The lowest BCUT2D eigenvalue weighted by Gasteiger charge is -2.43. The molecule has 0 aliphatic carbocycles. The number of carbonyl (C=O) groups is 4.